The zero-order chi connectivity index (χ0) is 12.9. The molecule has 2 bridgehead atoms. The lowest BCUT2D eigenvalue weighted by atomic mass is 9.81. The zero-order valence-electron chi connectivity index (χ0n) is 10.3. The average Bonchev–Trinajstić information content (AvgIpc) is 2.92. The minimum atomic E-state index is -0.375. The molecule has 5 unspecified atom stereocenters. The van der Waals surface area contributed by atoms with Crippen molar-refractivity contribution in [3.63, 3.8) is 0 Å². The van der Waals surface area contributed by atoms with Crippen LogP contribution in [0.25, 0.3) is 0 Å². The first-order chi connectivity index (χ1) is 8.58. The van der Waals surface area contributed by atoms with Gasteiger partial charge in [-0.2, -0.15) is 0 Å². The molecule has 0 aromatic rings. The summed E-state index contributed by atoms with van der Waals surface area (Å²) in [4.78, 5) is 22.8. The van der Waals surface area contributed by atoms with Crippen molar-refractivity contribution in [2.24, 2.45) is 11.8 Å². The highest BCUT2D eigenvalue weighted by atomic mass is 16.6. The number of ether oxygens (including phenoxy) is 3. The van der Waals surface area contributed by atoms with E-state index in [-0.39, 0.29) is 42.1 Å². The number of hydrogen-bond donors (Lipinski definition) is 0. The lowest BCUT2D eigenvalue weighted by Crippen LogP contribution is -2.32. The van der Waals surface area contributed by atoms with Gasteiger partial charge in [-0.1, -0.05) is 6.58 Å². The van der Waals surface area contributed by atoms with Crippen LogP contribution in [0.15, 0.2) is 12.2 Å². The molecule has 98 valence electrons. The largest absolute Gasteiger partial charge is 0.462 e. The quantitative estimate of drug-likeness (QED) is 0.547. The minimum Gasteiger partial charge on any atom is -0.462 e. The Morgan fingerprint density at radius 3 is 3.00 bits per heavy atom. The highest BCUT2D eigenvalue weighted by molar-refractivity contribution is 5.86. The molecule has 0 aliphatic carbocycles. The molecule has 3 aliphatic rings. The van der Waals surface area contributed by atoms with E-state index < -0.39 is 0 Å². The fourth-order valence-electron chi connectivity index (χ4n) is 3.14. The molecule has 3 rings (SSSR count). The summed E-state index contributed by atoms with van der Waals surface area (Å²) in [6.07, 6.45) is 1.30. The molecule has 5 heteroatoms. The van der Waals surface area contributed by atoms with Crippen molar-refractivity contribution in [3.8, 4) is 0 Å². The number of hydrogen-bond acceptors (Lipinski definition) is 5. The summed E-state index contributed by atoms with van der Waals surface area (Å²) in [6, 6.07) is 0. The predicted octanol–water partition coefficient (Wildman–Crippen LogP) is 0.825. The molecule has 0 spiro atoms. The maximum absolute atomic E-state index is 11.5. The summed E-state index contributed by atoms with van der Waals surface area (Å²) in [5.74, 6) is -0.404. The SMILES string of the molecule is C=C(C)C(=O)OCCC1C2CC3C(=O)OC1C3O2. The molecule has 3 fully saturated rings. The molecule has 0 radical (unpaired) electrons. The van der Waals surface area contributed by atoms with Gasteiger partial charge < -0.3 is 14.2 Å². The summed E-state index contributed by atoms with van der Waals surface area (Å²) >= 11 is 0. The van der Waals surface area contributed by atoms with Crippen LogP contribution in [0, 0.1) is 11.8 Å². The Hall–Kier alpha value is -1.36. The van der Waals surface area contributed by atoms with Crippen molar-refractivity contribution in [2.45, 2.75) is 38.1 Å². The van der Waals surface area contributed by atoms with Crippen LogP contribution in [0.4, 0.5) is 0 Å². The summed E-state index contributed by atoms with van der Waals surface area (Å²) < 4.78 is 16.2. The van der Waals surface area contributed by atoms with E-state index in [0.717, 1.165) is 6.42 Å². The lowest BCUT2D eigenvalue weighted by molar-refractivity contribution is -0.145. The number of carbonyl (C=O) groups is 2. The Morgan fingerprint density at radius 1 is 1.50 bits per heavy atom. The molecule has 3 aliphatic heterocycles. The summed E-state index contributed by atoms with van der Waals surface area (Å²) in [5, 5.41) is 0. The summed E-state index contributed by atoms with van der Waals surface area (Å²) in [7, 11) is 0. The highest BCUT2D eigenvalue weighted by Crippen LogP contribution is 2.50. The van der Waals surface area contributed by atoms with Crippen molar-refractivity contribution in [3.05, 3.63) is 12.2 Å². The van der Waals surface area contributed by atoms with E-state index >= 15 is 0 Å². The average molecular weight is 252 g/mol. The van der Waals surface area contributed by atoms with Crippen molar-refractivity contribution in [1.82, 2.24) is 0 Å². The van der Waals surface area contributed by atoms with E-state index in [4.69, 9.17) is 14.2 Å². The van der Waals surface area contributed by atoms with Crippen molar-refractivity contribution >= 4 is 11.9 Å². The van der Waals surface area contributed by atoms with Gasteiger partial charge in [0.05, 0.1) is 18.6 Å². The molecule has 0 aromatic carbocycles. The Kier molecular flexibility index (Phi) is 2.66. The molecule has 3 saturated heterocycles. The first kappa shape index (κ1) is 11.7. The second-order valence-corrected chi connectivity index (χ2v) is 5.25. The van der Waals surface area contributed by atoms with E-state index in [1.165, 1.54) is 0 Å². The van der Waals surface area contributed by atoms with E-state index in [1.807, 2.05) is 0 Å². The minimum absolute atomic E-state index is 0.0609. The van der Waals surface area contributed by atoms with E-state index in [2.05, 4.69) is 6.58 Å². The fraction of sp³-hybridized carbons (Fsp3) is 0.692. The molecular formula is C13H16O5. The molecular weight excluding hydrogens is 236 g/mol. The van der Waals surface area contributed by atoms with Gasteiger partial charge in [0, 0.05) is 11.5 Å². The monoisotopic (exact) mass is 252 g/mol. The van der Waals surface area contributed by atoms with Gasteiger partial charge in [-0.05, 0) is 19.8 Å². The topological polar surface area (TPSA) is 61.8 Å². The van der Waals surface area contributed by atoms with Crippen LogP contribution in [0.5, 0.6) is 0 Å². The van der Waals surface area contributed by atoms with Crippen LogP contribution in [-0.2, 0) is 23.8 Å². The standard InChI is InChI=1S/C13H16O5/c1-6(2)12(14)16-4-3-7-9-5-8-11(17-9)10(7)18-13(8)15/h7-11H,1,3-5H2,2H3. The molecule has 0 N–H and O–H groups in total. The zero-order valence-corrected chi connectivity index (χ0v) is 10.3. The maximum Gasteiger partial charge on any atom is 0.333 e. The first-order valence-corrected chi connectivity index (χ1v) is 6.26. The van der Waals surface area contributed by atoms with Gasteiger partial charge >= 0.3 is 11.9 Å². The van der Waals surface area contributed by atoms with Crippen LogP contribution in [0.1, 0.15) is 19.8 Å². The second-order valence-electron chi connectivity index (χ2n) is 5.25. The Bertz CT molecular complexity index is 416. The second kappa shape index (κ2) is 4.09. The van der Waals surface area contributed by atoms with Crippen molar-refractivity contribution in [1.29, 1.82) is 0 Å². The van der Waals surface area contributed by atoms with E-state index in [1.54, 1.807) is 6.92 Å². The smallest absolute Gasteiger partial charge is 0.333 e. The summed E-state index contributed by atoms with van der Waals surface area (Å²) in [6.45, 7) is 5.46. The van der Waals surface area contributed by atoms with Gasteiger partial charge in [0.1, 0.15) is 12.2 Å². The fourth-order valence-corrected chi connectivity index (χ4v) is 3.14. The van der Waals surface area contributed by atoms with E-state index in [9.17, 15) is 9.59 Å². The normalized spacial score (nSPS) is 39.8. The molecule has 3 heterocycles. The van der Waals surface area contributed by atoms with Crippen LogP contribution in [0.3, 0.4) is 0 Å². The third kappa shape index (κ3) is 1.65. The van der Waals surface area contributed by atoms with Gasteiger partial charge in [-0.3, -0.25) is 4.79 Å². The van der Waals surface area contributed by atoms with Gasteiger partial charge in [-0.15, -0.1) is 0 Å². The number of esters is 2. The van der Waals surface area contributed by atoms with Gasteiger partial charge in [-0.25, -0.2) is 4.79 Å². The molecule has 0 saturated carbocycles. The third-order valence-electron chi connectivity index (χ3n) is 4.03. The van der Waals surface area contributed by atoms with Crippen molar-refractivity contribution in [2.75, 3.05) is 6.61 Å². The predicted molar refractivity (Wildman–Crippen MR) is 60.5 cm³/mol. The van der Waals surface area contributed by atoms with E-state index in [0.29, 0.717) is 18.6 Å². The molecule has 5 atom stereocenters. The molecule has 0 amide bonds. The first-order valence-electron chi connectivity index (χ1n) is 6.26. The highest BCUT2D eigenvalue weighted by Gasteiger charge is 2.62. The lowest BCUT2D eigenvalue weighted by Gasteiger charge is -2.21. The molecule has 0 aromatic heterocycles. The number of fused-ring (bicyclic) bond motifs is 1. The number of rotatable bonds is 4. The van der Waals surface area contributed by atoms with Gasteiger partial charge in [0.25, 0.3) is 0 Å². The van der Waals surface area contributed by atoms with Crippen LogP contribution >= 0.6 is 0 Å². The van der Waals surface area contributed by atoms with Crippen LogP contribution < -0.4 is 0 Å². The Labute approximate surface area is 105 Å². The molecule has 5 nitrogen and oxygen atoms in total. The maximum atomic E-state index is 11.5. The molecule has 18 heavy (non-hydrogen) atoms. The third-order valence-corrected chi connectivity index (χ3v) is 4.03. The van der Waals surface area contributed by atoms with Gasteiger partial charge in [0.15, 0.2) is 0 Å². The van der Waals surface area contributed by atoms with Crippen molar-refractivity contribution < 1.29 is 23.8 Å². The summed E-state index contributed by atoms with van der Waals surface area (Å²) in [5.41, 5.74) is 0.395. The van der Waals surface area contributed by atoms with Crippen LogP contribution in [0.2, 0.25) is 0 Å². The van der Waals surface area contributed by atoms with Crippen LogP contribution in [-0.4, -0.2) is 36.9 Å². The van der Waals surface area contributed by atoms with Gasteiger partial charge in [0.2, 0.25) is 0 Å². The Morgan fingerprint density at radius 2 is 2.28 bits per heavy atom. The Balaban J connectivity index is 1.55. The number of carbonyl (C=O) groups excluding carboxylic acids is 2.